The molecule has 0 aliphatic heterocycles. The van der Waals surface area contributed by atoms with Crippen molar-refractivity contribution < 1.29 is 18.7 Å². The number of benzene rings is 1. The maximum absolute atomic E-state index is 13.2. The van der Waals surface area contributed by atoms with Crippen LogP contribution in [0.1, 0.15) is 32.3 Å². The number of carboxylic acid groups (broad SMARTS) is 1. The number of allylic oxidation sites excluding steroid dienone is 1. The molecule has 0 saturated carbocycles. The third-order valence-electron chi connectivity index (χ3n) is 2.77. The summed E-state index contributed by atoms with van der Waals surface area (Å²) >= 11 is 0. The van der Waals surface area contributed by atoms with E-state index in [4.69, 9.17) is 5.11 Å². The van der Waals surface area contributed by atoms with E-state index in [1.54, 1.807) is 19.9 Å². The van der Waals surface area contributed by atoms with Gasteiger partial charge in [0.15, 0.2) is 0 Å². The predicted molar refractivity (Wildman–Crippen MR) is 66.0 cm³/mol. The van der Waals surface area contributed by atoms with Gasteiger partial charge in [0.25, 0.3) is 0 Å². The Kier molecular flexibility index (Phi) is 4.59. The third-order valence-corrected chi connectivity index (χ3v) is 2.77. The van der Waals surface area contributed by atoms with Gasteiger partial charge in [0.05, 0.1) is 5.41 Å². The van der Waals surface area contributed by atoms with Crippen LogP contribution in [-0.2, 0) is 4.79 Å². The van der Waals surface area contributed by atoms with E-state index >= 15 is 0 Å². The topological polar surface area (TPSA) is 37.3 Å². The first-order valence-corrected chi connectivity index (χ1v) is 5.68. The fourth-order valence-electron chi connectivity index (χ4n) is 1.40. The largest absolute Gasteiger partial charge is 0.481 e. The second kappa shape index (κ2) is 5.76. The average Bonchev–Trinajstić information content (AvgIpc) is 2.28. The SMILES string of the molecule is CC(C)(CC/C=C/c1cc(F)ccc1F)C(=O)O. The first-order valence-electron chi connectivity index (χ1n) is 5.68. The summed E-state index contributed by atoms with van der Waals surface area (Å²) in [4.78, 5) is 10.9. The number of hydrogen-bond donors (Lipinski definition) is 1. The van der Waals surface area contributed by atoms with Crippen LogP contribution < -0.4 is 0 Å². The molecule has 98 valence electrons. The zero-order valence-electron chi connectivity index (χ0n) is 10.4. The van der Waals surface area contributed by atoms with E-state index in [2.05, 4.69) is 0 Å². The highest BCUT2D eigenvalue weighted by Gasteiger charge is 2.25. The van der Waals surface area contributed by atoms with Gasteiger partial charge in [0.2, 0.25) is 0 Å². The lowest BCUT2D eigenvalue weighted by Crippen LogP contribution is -2.22. The van der Waals surface area contributed by atoms with Crippen LogP contribution in [0.5, 0.6) is 0 Å². The maximum atomic E-state index is 13.2. The Bertz CT molecular complexity index is 465. The maximum Gasteiger partial charge on any atom is 0.309 e. The van der Waals surface area contributed by atoms with Crippen molar-refractivity contribution in [1.82, 2.24) is 0 Å². The standard InChI is InChI=1S/C14H16F2O2/c1-14(2,13(17)18)8-4-3-5-10-9-11(15)6-7-12(10)16/h3,5-7,9H,4,8H2,1-2H3,(H,17,18)/b5-3+. The number of halogens is 2. The molecule has 0 atom stereocenters. The highest BCUT2D eigenvalue weighted by atomic mass is 19.1. The van der Waals surface area contributed by atoms with Crippen molar-refractivity contribution in [1.29, 1.82) is 0 Å². The van der Waals surface area contributed by atoms with Crippen molar-refractivity contribution in [2.24, 2.45) is 5.41 Å². The minimum absolute atomic E-state index is 0.170. The van der Waals surface area contributed by atoms with Gasteiger partial charge in [-0.2, -0.15) is 0 Å². The molecule has 1 aromatic rings. The van der Waals surface area contributed by atoms with Crippen LogP contribution in [0.4, 0.5) is 8.78 Å². The third kappa shape index (κ3) is 3.95. The molecule has 0 aliphatic carbocycles. The molecule has 0 aromatic heterocycles. The average molecular weight is 254 g/mol. The Morgan fingerprint density at radius 3 is 2.67 bits per heavy atom. The van der Waals surface area contributed by atoms with Crippen LogP contribution in [0.3, 0.4) is 0 Å². The molecule has 1 aromatic carbocycles. The van der Waals surface area contributed by atoms with Gasteiger partial charge in [0, 0.05) is 5.56 Å². The van der Waals surface area contributed by atoms with Crippen LogP contribution in [-0.4, -0.2) is 11.1 Å². The van der Waals surface area contributed by atoms with Gasteiger partial charge in [-0.1, -0.05) is 12.2 Å². The minimum Gasteiger partial charge on any atom is -0.481 e. The lowest BCUT2D eigenvalue weighted by molar-refractivity contribution is -0.147. The molecule has 0 aliphatic rings. The number of carbonyl (C=O) groups is 1. The quantitative estimate of drug-likeness (QED) is 0.866. The van der Waals surface area contributed by atoms with Gasteiger partial charge in [-0.25, -0.2) is 8.78 Å². The Morgan fingerprint density at radius 2 is 2.06 bits per heavy atom. The molecule has 0 unspecified atom stereocenters. The second-order valence-corrected chi connectivity index (χ2v) is 4.80. The number of hydrogen-bond acceptors (Lipinski definition) is 1. The van der Waals surface area contributed by atoms with Crippen LogP contribution in [0.2, 0.25) is 0 Å². The first kappa shape index (κ1) is 14.4. The van der Waals surface area contributed by atoms with E-state index in [9.17, 15) is 13.6 Å². The number of aliphatic carboxylic acids is 1. The van der Waals surface area contributed by atoms with Gasteiger partial charge >= 0.3 is 5.97 Å². The van der Waals surface area contributed by atoms with Crippen molar-refractivity contribution in [3.63, 3.8) is 0 Å². The van der Waals surface area contributed by atoms with Gasteiger partial charge in [-0.05, 0) is 44.9 Å². The fraction of sp³-hybridized carbons (Fsp3) is 0.357. The molecule has 0 bridgehead atoms. The summed E-state index contributed by atoms with van der Waals surface area (Å²) in [5.74, 6) is -1.86. The first-order chi connectivity index (χ1) is 8.33. The van der Waals surface area contributed by atoms with Crippen LogP contribution in [0.25, 0.3) is 6.08 Å². The zero-order chi connectivity index (χ0) is 13.8. The molecule has 1 rings (SSSR count). The Balaban J connectivity index is 2.61. The van der Waals surface area contributed by atoms with E-state index in [-0.39, 0.29) is 5.56 Å². The van der Waals surface area contributed by atoms with Gasteiger partial charge in [0.1, 0.15) is 11.6 Å². The molecular weight excluding hydrogens is 238 g/mol. The highest BCUT2D eigenvalue weighted by Crippen LogP contribution is 2.23. The van der Waals surface area contributed by atoms with Crippen LogP contribution in [0, 0.1) is 17.0 Å². The van der Waals surface area contributed by atoms with E-state index in [1.807, 2.05) is 0 Å². The zero-order valence-corrected chi connectivity index (χ0v) is 10.4. The monoisotopic (exact) mass is 254 g/mol. The van der Waals surface area contributed by atoms with Crippen molar-refractivity contribution >= 4 is 12.0 Å². The lowest BCUT2D eigenvalue weighted by atomic mass is 9.88. The molecule has 1 N–H and O–H groups in total. The molecule has 18 heavy (non-hydrogen) atoms. The lowest BCUT2D eigenvalue weighted by Gasteiger charge is -2.17. The Hall–Kier alpha value is -1.71. The highest BCUT2D eigenvalue weighted by molar-refractivity contribution is 5.73. The molecule has 0 fully saturated rings. The summed E-state index contributed by atoms with van der Waals surface area (Å²) in [5.41, 5.74) is -0.645. The summed E-state index contributed by atoms with van der Waals surface area (Å²) in [6, 6.07) is 3.23. The van der Waals surface area contributed by atoms with Gasteiger partial charge < -0.3 is 5.11 Å². The second-order valence-electron chi connectivity index (χ2n) is 4.80. The van der Waals surface area contributed by atoms with Crippen molar-refractivity contribution in [3.8, 4) is 0 Å². The minimum atomic E-state index is -0.868. The van der Waals surface area contributed by atoms with E-state index in [0.717, 1.165) is 18.2 Å². The number of rotatable bonds is 5. The summed E-state index contributed by atoms with van der Waals surface area (Å²) < 4.78 is 26.1. The smallest absolute Gasteiger partial charge is 0.309 e. The number of carboxylic acids is 1. The summed E-state index contributed by atoms with van der Waals surface area (Å²) in [5, 5.41) is 8.90. The predicted octanol–water partition coefficient (Wildman–Crippen LogP) is 3.87. The Morgan fingerprint density at radius 1 is 1.39 bits per heavy atom. The fourth-order valence-corrected chi connectivity index (χ4v) is 1.40. The van der Waals surface area contributed by atoms with Crippen molar-refractivity contribution in [2.45, 2.75) is 26.7 Å². The summed E-state index contributed by atoms with van der Waals surface area (Å²) in [7, 11) is 0. The summed E-state index contributed by atoms with van der Waals surface area (Å²) in [6.07, 6.45) is 4.06. The molecule has 0 heterocycles. The summed E-state index contributed by atoms with van der Waals surface area (Å²) in [6.45, 7) is 3.26. The van der Waals surface area contributed by atoms with E-state index in [1.165, 1.54) is 6.08 Å². The normalized spacial score (nSPS) is 12.0. The van der Waals surface area contributed by atoms with Crippen molar-refractivity contribution in [3.05, 3.63) is 41.5 Å². The molecule has 4 heteroatoms. The molecule has 0 saturated heterocycles. The molecule has 0 radical (unpaired) electrons. The van der Waals surface area contributed by atoms with Gasteiger partial charge in [-0.15, -0.1) is 0 Å². The van der Waals surface area contributed by atoms with Crippen LogP contribution in [0.15, 0.2) is 24.3 Å². The van der Waals surface area contributed by atoms with Crippen molar-refractivity contribution in [2.75, 3.05) is 0 Å². The van der Waals surface area contributed by atoms with E-state index < -0.39 is 23.0 Å². The van der Waals surface area contributed by atoms with Gasteiger partial charge in [-0.3, -0.25) is 4.79 Å². The molecule has 0 amide bonds. The van der Waals surface area contributed by atoms with E-state index in [0.29, 0.717) is 12.8 Å². The van der Waals surface area contributed by atoms with Crippen LogP contribution >= 0.6 is 0 Å². The Labute approximate surface area is 105 Å². The molecule has 0 spiro atoms. The molecular formula is C14H16F2O2. The molecule has 2 nitrogen and oxygen atoms in total.